The van der Waals surface area contributed by atoms with Crippen molar-refractivity contribution in [1.82, 2.24) is 20.9 Å². The molecule has 3 amide bonds. The number of H-pyrrole nitrogens is 1. The number of hydrogen-bond acceptors (Lipinski definition) is 4. The van der Waals surface area contributed by atoms with Gasteiger partial charge in [-0.1, -0.05) is 64.3 Å². The van der Waals surface area contributed by atoms with Crippen molar-refractivity contribution >= 4 is 40.2 Å². The van der Waals surface area contributed by atoms with Gasteiger partial charge in [0, 0.05) is 17.5 Å². The molecule has 3 aromatic rings. The predicted molar refractivity (Wildman–Crippen MR) is 168 cm³/mol. The Morgan fingerprint density at radius 2 is 1.68 bits per heavy atom. The van der Waals surface area contributed by atoms with Crippen LogP contribution in [0.1, 0.15) is 63.8 Å². The molecule has 0 radical (unpaired) electrons. The van der Waals surface area contributed by atoms with Crippen LogP contribution < -0.4 is 21.7 Å². The fourth-order valence-electron chi connectivity index (χ4n) is 5.96. The molecule has 0 spiro atoms. The van der Waals surface area contributed by atoms with Crippen LogP contribution in [0.5, 0.6) is 0 Å². The first kappa shape index (κ1) is 33.4. The highest BCUT2D eigenvalue weighted by molar-refractivity contribution is 6.35. The molecule has 1 aromatic heterocycles. The molecule has 0 bridgehead atoms. The van der Waals surface area contributed by atoms with E-state index < -0.39 is 35.3 Å². The molecular weight excluding hydrogens is 588 g/mol. The van der Waals surface area contributed by atoms with Gasteiger partial charge in [-0.05, 0) is 73.0 Å². The average molecular weight is 630 g/mol. The first-order valence-corrected chi connectivity index (χ1v) is 15.7. The van der Waals surface area contributed by atoms with Crippen molar-refractivity contribution in [1.29, 1.82) is 0 Å². The Morgan fingerprint density at radius 3 is 2.32 bits per heavy atom. The monoisotopic (exact) mass is 629 g/mol. The van der Waals surface area contributed by atoms with Crippen LogP contribution in [0.4, 0.5) is 8.78 Å². The number of halogens is 3. The van der Waals surface area contributed by atoms with E-state index in [-0.39, 0.29) is 41.4 Å². The molecule has 0 saturated carbocycles. The number of aryl methyl sites for hydroxylation is 1. The molecule has 1 aliphatic carbocycles. The minimum Gasteiger partial charge on any atom is -0.368 e. The number of hydrogen-bond donors (Lipinski definition) is 5. The van der Waals surface area contributed by atoms with Crippen molar-refractivity contribution in [2.24, 2.45) is 17.6 Å². The number of nitrogens with one attached hydrogen (secondary N) is 4. The van der Waals surface area contributed by atoms with E-state index in [2.05, 4.69) is 20.9 Å². The van der Waals surface area contributed by atoms with Crippen LogP contribution in [0, 0.1) is 23.5 Å². The van der Waals surface area contributed by atoms with Gasteiger partial charge in [0.25, 0.3) is 0 Å². The second-order valence-corrected chi connectivity index (χ2v) is 12.5. The molecular formula is C33H42ClF2N5O3. The number of carbonyl (C=O) groups is 3. The SMILES string of the molecule is CCC(C)[C@H](NCCc1ccc(F)cc1)C(=O)N[C@]1(C(=O)NC(C(N)=O)[C@@H](C)CC)CCc2[nH]c3c(Cl)cc(F)cc3c2C1. The van der Waals surface area contributed by atoms with Crippen molar-refractivity contribution in [3.63, 3.8) is 0 Å². The normalized spacial score (nSPS) is 19.1. The summed E-state index contributed by atoms with van der Waals surface area (Å²) in [6.07, 6.45) is 2.56. The summed E-state index contributed by atoms with van der Waals surface area (Å²) in [4.78, 5) is 43.9. The number of benzene rings is 2. The molecule has 0 saturated heterocycles. The topological polar surface area (TPSA) is 129 Å². The number of nitrogens with two attached hydrogens (primary N) is 1. The fraction of sp³-hybridized carbons (Fsp3) is 0.485. The van der Waals surface area contributed by atoms with Crippen molar-refractivity contribution in [2.45, 2.75) is 83.8 Å². The molecule has 1 aliphatic rings. The second-order valence-electron chi connectivity index (χ2n) is 12.1. The van der Waals surface area contributed by atoms with Gasteiger partial charge < -0.3 is 26.7 Å². The molecule has 4 rings (SSSR count). The number of aromatic nitrogens is 1. The summed E-state index contributed by atoms with van der Waals surface area (Å²) in [5.74, 6) is -2.68. The van der Waals surface area contributed by atoms with Crippen molar-refractivity contribution in [3.8, 4) is 0 Å². The van der Waals surface area contributed by atoms with Crippen LogP contribution in [-0.4, -0.2) is 46.9 Å². The van der Waals surface area contributed by atoms with Crippen molar-refractivity contribution in [3.05, 3.63) is 69.9 Å². The van der Waals surface area contributed by atoms with Gasteiger partial charge in [0.05, 0.1) is 16.6 Å². The van der Waals surface area contributed by atoms with Gasteiger partial charge >= 0.3 is 0 Å². The minimum atomic E-state index is -1.44. The van der Waals surface area contributed by atoms with E-state index in [0.717, 1.165) is 11.3 Å². The number of rotatable bonds is 13. The van der Waals surface area contributed by atoms with Gasteiger partial charge in [0.15, 0.2) is 0 Å². The zero-order valence-electron chi connectivity index (χ0n) is 25.7. The van der Waals surface area contributed by atoms with Crippen LogP contribution in [-0.2, 0) is 33.6 Å². The van der Waals surface area contributed by atoms with E-state index in [4.69, 9.17) is 17.3 Å². The van der Waals surface area contributed by atoms with E-state index in [1.54, 1.807) is 12.1 Å². The van der Waals surface area contributed by atoms with Crippen LogP contribution >= 0.6 is 11.6 Å². The maximum Gasteiger partial charge on any atom is 0.246 e. The van der Waals surface area contributed by atoms with E-state index in [0.29, 0.717) is 48.7 Å². The number of carbonyl (C=O) groups excluding carboxylic acids is 3. The Morgan fingerprint density at radius 1 is 1.02 bits per heavy atom. The lowest BCUT2D eigenvalue weighted by molar-refractivity contribution is -0.137. The van der Waals surface area contributed by atoms with Crippen LogP contribution in [0.25, 0.3) is 10.9 Å². The molecule has 6 N–H and O–H groups in total. The highest BCUT2D eigenvalue weighted by atomic mass is 35.5. The van der Waals surface area contributed by atoms with Crippen molar-refractivity contribution < 1.29 is 23.2 Å². The molecule has 2 unspecified atom stereocenters. The molecule has 8 nitrogen and oxygen atoms in total. The lowest BCUT2D eigenvalue weighted by atomic mass is 9.78. The Bertz CT molecular complexity index is 1510. The first-order chi connectivity index (χ1) is 20.9. The number of aromatic amines is 1. The van der Waals surface area contributed by atoms with Crippen LogP contribution in [0.2, 0.25) is 5.02 Å². The maximum absolute atomic E-state index is 14.5. The Balaban J connectivity index is 1.66. The molecule has 5 atom stereocenters. The zero-order chi connectivity index (χ0) is 32.2. The van der Waals surface area contributed by atoms with Gasteiger partial charge in [-0.3, -0.25) is 14.4 Å². The summed E-state index contributed by atoms with van der Waals surface area (Å²) in [7, 11) is 0. The molecule has 0 aliphatic heterocycles. The summed E-state index contributed by atoms with van der Waals surface area (Å²) in [6, 6.07) is 7.24. The second kappa shape index (κ2) is 14.1. The third-order valence-electron chi connectivity index (χ3n) is 9.09. The van der Waals surface area contributed by atoms with Crippen LogP contribution in [0.3, 0.4) is 0 Å². The number of amides is 3. The molecule has 0 fully saturated rings. The largest absolute Gasteiger partial charge is 0.368 e. The minimum absolute atomic E-state index is 0.0640. The third kappa shape index (κ3) is 7.24. The highest BCUT2D eigenvalue weighted by Crippen LogP contribution is 2.37. The Kier molecular flexibility index (Phi) is 10.7. The zero-order valence-corrected chi connectivity index (χ0v) is 26.4. The van der Waals surface area contributed by atoms with E-state index in [9.17, 15) is 23.2 Å². The smallest absolute Gasteiger partial charge is 0.246 e. The molecule has 1 heterocycles. The summed E-state index contributed by atoms with van der Waals surface area (Å²) in [5, 5.41) is 10.0. The van der Waals surface area contributed by atoms with Gasteiger partial charge in [0.2, 0.25) is 17.7 Å². The Hall–Kier alpha value is -3.50. The molecule has 44 heavy (non-hydrogen) atoms. The number of primary amides is 1. The van der Waals surface area contributed by atoms with Gasteiger partial charge in [0.1, 0.15) is 23.2 Å². The van der Waals surface area contributed by atoms with E-state index >= 15 is 0 Å². The Labute approximate surface area is 261 Å². The quantitative estimate of drug-likeness (QED) is 0.188. The van der Waals surface area contributed by atoms with Gasteiger partial charge in [-0.15, -0.1) is 0 Å². The predicted octanol–water partition coefficient (Wildman–Crippen LogP) is 4.71. The summed E-state index contributed by atoms with van der Waals surface area (Å²) in [5.41, 5.74) is 7.23. The average Bonchev–Trinajstić information content (AvgIpc) is 3.35. The van der Waals surface area contributed by atoms with Gasteiger partial charge in [-0.25, -0.2) is 8.78 Å². The molecule has 2 aromatic carbocycles. The maximum atomic E-state index is 14.5. The summed E-state index contributed by atoms with van der Waals surface area (Å²) in [6.45, 7) is 8.12. The first-order valence-electron chi connectivity index (χ1n) is 15.3. The standard InChI is InChI=1S/C33H42ClF2N5O3/c1-5-18(3)27(30(37)42)40-32(44)33(13-11-26-24(17-33)23-15-22(36)16-25(34)29(23)39-26)41-31(43)28(19(4)6-2)38-14-12-20-7-9-21(35)10-8-20/h7-10,15-16,18-19,27-28,38-39H,5-6,11-14,17H2,1-4H3,(H2,37,42)(H,40,44)(H,41,43)/t18-,19?,27?,28-,33+/m0/s1. The molecule has 238 valence electrons. The summed E-state index contributed by atoms with van der Waals surface area (Å²) >= 11 is 6.35. The van der Waals surface area contributed by atoms with E-state index in [1.165, 1.54) is 24.3 Å². The highest BCUT2D eigenvalue weighted by Gasteiger charge is 2.46. The number of fused-ring (bicyclic) bond motifs is 3. The summed E-state index contributed by atoms with van der Waals surface area (Å²) < 4.78 is 27.8. The fourth-order valence-corrected chi connectivity index (χ4v) is 6.22. The molecule has 11 heteroatoms. The third-order valence-corrected chi connectivity index (χ3v) is 9.39. The van der Waals surface area contributed by atoms with E-state index in [1.807, 2.05) is 27.7 Å². The lowest BCUT2D eigenvalue weighted by Gasteiger charge is -2.39. The lowest BCUT2D eigenvalue weighted by Crippen LogP contribution is -2.67. The van der Waals surface area contributed by atoms with Crippen molar-refractivity contribution in [2.75, 3.05) is 6.54 Å². The van der Waals surface area contributed by atoms with Crippen LogP contribution in [0.15, 0.2) is 36.4 Å². The van der Waals surface area contributed by atoms with Gasteiger partial charge in [-0.2, -0.15) is 0 Å².